The highest BCUT2D eigenvalue weighted by Crippen LogP contribution is 2.42. The predicted molar refractivity (Wildman–Crippen MR) is 123 cm³/mol. The summed E-state index contributed by atoms with van der Waals surface area (Å²) in [6.45, 7) is 7.94. The molecule has 6 nitrogen and oxygen atoms in total. The van der Waals surface area contributed by atoms with Crippen LogP contribution in [0.15, 0.2) is 48.5 Å². The molecule has 3 rings (SSSR count). The van der Waals surface area contributed by atoms with Crippen LogP contribution in [0.1, 0.15) is 57.2 Å². The van der Waals surface area contributed by atoms with E-state index in [1.807, 2.05) is 36.4 Å². The van der Waals surface area contributed by atoms with Crippen LogP contribution in [0.2, 0.25) is 0 Å². The smallest absolute Gasteiger partial charge is 0.220 e. The lowest BCUT2D eigenvalue weighted by Gasteiger charge is -2.46. The van der Waals surface area contributed by atoms with Gasteiger partial charge in [0.25, 0.3) is 0 Å². The Labute approximate surface area is 184 Å². The van der Waals surface area contributed by atoms with E-state index in [2.05, 4.69) is 30.1 Å². The van der Waals surface area contributed by atoms with Crippen LogP contribution in [-0.4, -0.2) is 30.0 Å². The summed E-state index contributed by atoms with van der Waals surface area (Å²) < 4.78 is 0. The predicted octanol–water partition coefficient (Wildman–Crippen LogP) is 3.64. The molecule has 0 aliphatic carbocycles. The Bertz CT molecular complexity index is 945. The van der Waals surface area contributed by atoms with E-state index in [1.165, 1.54) is 0 Å². The summed E-state index contributed by atoms with van der Waals surface area (Å²) in [5.41, 5.74) is 8.52. The van der Waals surface area contributed by atoms with Gasteiger partial charge < -0.3 is 21.1 Å². The summed E-state index contributed by atoms with van der Waals surface area (Å²) in [6.07, 6.45) is 1.33. The van der Waals surface area contributed by atoms with Gasteiger partial charge in [-0.2, -0.15) is 0 Å². The van der Waals surface area contributed by atoms with Crippen molar-refractivity contribution in [2.24, 2.45) is 11.7 Å². The second-order valence-electron chi connectivity index (χ2n) is 8.77. The molecule has 31 heavy (non-hydrogen) atoms. The van der Waals surface area contributed by atoms with Crippen LogP contribution < -0.4 is 16.0 Å². The number of hydrogen-bond acceptors (Lipinski definition) is 4. The normalized spacial score (nSPS) is 22.0. The molecule has 1 aliphatic heterocycles. The summed E-state index contributed by atoms with van der Waals surface area (Å²) in [4.78, 5) is 26.1. The second-order valence-corrected chi connectivity index (χ2v) is 8.77. The van der Waals surface area contributed by atoms with Crippen LogP contribution >= 0.6 is 0 Å². The van der Waals surface area contributed by atoms with Gasteiger partial charge in [0.1, 0.15) is 5.75 Å². The van der Waals surface area contributed by atoms with Crippen molar-refractivity contribution >= 4 is 17.5 Å². The lowest BCUT2D eigenvalue weighted by molar-refractivity contribution is -0.122. The third-order valence-corrected chi connectivity index (χ3v) is 6.70. The fraction of sp³-hybridized carbons (Fsp3) is 0.440. The zero-order chi connectivity index (χ0) is 22.6. The lowest BCUT2D eigenvalue weighted by Crippen LogP contribution is -2.48. The van der Waals surface area contributed by atoms with Gasteiger partial charge in [0, 0.05) is 25.2 Å². The number of primary amides is 1. The minimum Gasteiger partial charge on any atom is -0.508 e. The third kappa shape index (κ3) is 5.01. The molecular weight excluding hydrogens is 390 g/mol. The number of anilines is 1. The van der Waals surface area contributed by atoms with Crippen LogP contribution in [0.3, 0.4) is 0 Å². The highest BCUT2D eigenvalue weighted by Gasteiger charge is 2.39. The van der Waals surface area contributed by atoms with Gasteiger partial charge in [-0.1, -0.05) is 51.1 Å². The van der Waals surface area contributed by atoms with E-state index in [4.69, 9.17) is 5.73 Å². The summed E-state index contributed by atoms with van der Waals surface area (Å²) in [7, 11) is 0. The first-order chi connectivity index (χ1) is 14.7. The van der Waals surface area contributed by atoms with Crippen molar-refractivity contribution in [1.29, 1.82) is 0 Å². The van der Waals surface area contributed by atoms with Crippen LogP contribution in [-0.2, 0) is 15.0 Å². The number of rotatable bonds is 7. The molecule has 0 spiro atoms. The maximum atomic E-state index is 12.1. The van der Waals surface area contributed by atoms with Gasteiger partial charge in [-0.15, -0.1) is 0 Å². The number of hydrogen-bond donors (Lipinski definition) is 3. The number of piperidine rings is 1. The molecule has 2 aromatic carbocycles. The van der Waals surface area contributed by atoms with Gasteiger partial charge >= 0.3 is 0 Å². The van der Waals surface area contributed by atoms with Gasteiger partial charge in [-0.05, 0) is 47.1 Å². The van der Waals surface area contributed by atoms with E-state index in [0.717, 1.165) is 36.3 Å². The first-order valence-electron chi connectivity index (χ1n) is 11.0. The standard InChI is InChI=1S/C25H33N3O3/c1-4-24(31)27-21(15-23(26)30)20-10-5-6-11-22(20)28-13-12-25(3,17(2)16-28)18-8-7-9-19(29)14-18/h5-11,14,17,21,29H,4,12-13,15-16H2,1-3H3,(H2,26,30)(H,27,31). The molecule has 0 saturated carbocycles. The van der Waals surface area contributed by atoms with Gasteiger partial charge in [0.2, 0.25) is 11.8 Å². The molecule has 1 heterocycles. The zero-order valence-corrected chi connectivity index (χ0v) is 18.6. The first-order valence-corrected chi connectivity index (χ1v) is 11.0. The molecule has 2 aromatic rings. The number of carbonyl (C=O) groups excluding carboxylic acids is 2. The SMILES string of the molecule is CCC(=O)NC(CC(N)=O)c1ccccc1N1CCC(C)(c2cccc(O)c2)C(C)C1. The largest absolute Gasteiger partial charge is 0.508 e. The van der Waals surface area contributed by atoms with Gasteiger partial charge in [-0.25, -0.2) is 0 Å². The highest BCUT2D eigenvalue weighted by atomic mass is 16.3. The molecule has 0 aromatic heterocycles. The Kier molecular flexibility index (Phi) is 6.88. The van der Waals surface area contributed by atoms with Gasteiger partial charge in [-0.3, -0.25) is 9.59 Å². The number of aromatic hydroxyl groups is 1. The Balaban J connectivity index is 1.88. The number of carbonyl (C=O) groups is 2. The topological polar surface area (TPSA) is 95.7 Å². The average molecular weight is 424 g/mol. The molecule has 6 heteroatoms. The molecule has 0 radical (unpaired) electrons. The maximum absolute atomic E-state index is 12.1. The average Bonchev–Trinajstić information content (AvgIpc) is 2.75. The summed E-state index contributed by atoms with van der Waals surface area (Å²) >= 11 is 0. The minimum atomic E-state index is -0.448. The molecule has 3 unspecified atom stereocenters. The minimum absolute atomic E-state index is 0.0484. The molecule has 2 amide bonds. The van der Waals surface area contributed by atoms with Crippen LogP contribution in [0.4, 0.5) is 5.69 Å². The van der Waals surface area contributed by atoms with E-state index in [9.17, 15) is 14.7 Å². The van der Waals surface area contributed by atoms with Crippen molar-refractivity contribution in [2.45, 2.75) is 51.5 Å². The van der Waals surface area contributed by atoms with Crippen molar-refractivity contribution in [3.8, 4) is 5.75 Å². The van der Waals surface area contributed by atoms with E-state index in [0.29, 0.717) is 18.1 Å². The van der Waals surface area contributed by atoms with E-state index in [-0.39, 0.29) is 17.7 Å². The van der Waals surface area contributed by atoms with E-state index >= 15 is 0 Å². The molecule has 0 bridgehead atoms. The Morgan fingerprint density at radius 2 is 2.00 bits per heavy atom. The third-order valence-electron chi connectivity index (χ3n) is 6.70. The molecule has 1 saturated heterocycles. The number of amides is 2. The number of benzene rings is 2. The first kappa shape index (κ1) is 22.7. The van der Waals surface area contributed by atoms with Crippen molar-refractivity contribution in [1.82, 2.24) is 5.32 Å². The van der Waals surface area contributed by atoms with Crippen LogP contribution in [0.25, 0.3) is 0 Å². The fourth-order valence-corrected chi connectivity index (χ4v) is 4.55. The monoisotopic (exact) mass is 423 g/mol. The second kappa shape index (κ2) is 9.41. The van der Waals surface area contributed by atoms with Gasteiger partial charge in [0.15, 0.2) is 0 Å². The lowest BCUT2D eigenvalue weighted by atomic mass is 9.68. The highest BCUT2D eigenvalue weighted by molar-refractivity contribution is 5.79. The molecule has 4 N–H and O–H groups in total. The molecule has 1 fully saturated rings. The maximum Gasteiger partial charge on any atom is 0.220 e. The number of nitrogens with two attached hydrogens (primary N) is 1. The summed E-state index contributed by atoms with van der Waals surface area (Å²) in [5.74, 6) is 0.0693. The van der Waals surface area contributed by atoms with E-state index in [1.54, 1.807) is 13.0 Å². The number of nitrogens with zero attached hydrogens (tertiary/aromatic N) is 1. The quantitative estimate of drug-likeness (QED) is 0.634. The molecule has 3 atom stereocenters. The van der Waals surface area contributed by atoms with Crippen molar-refractivity contribution in [3.05, 3.63) is 59.7 Å². The Morgan fingerprint density at radius 3 is 2.65 bits per heavy atom. The number of para-hydroxylation sites is 1. The fourth-order valence-electron chi connectivity index (χ4n) is 4.55. The van der Waals surface area contributed by atoms with Crippen LogP contribution in [0.5, 0.6) is 5.75 Å². The number of phenolic OH excluding ortho intramolecular Hbond substituents is 1. The van der Waals surface area contributed by atoms with Gasteiger partial charge in [0.05, 0.1) is 12.5 Å². The molecule has 166 valence electrons. The van der Waals surface area contributed by atoms with Crippen molar-refractivity contribution in [2.75, 3.05) is 18.0 Å². The Morgan fingerprint density at radius 1 is 1.26 bits per heavy atom. The van der Waals surface area contributed by atoms with E-state index < -0.39 is 11.9 Å². The molecule has 1 aliphatic rings. The van der Waals surface area contributed by atoms with Crippen molar-refractivity contribution < 1.29 is 14.7 Å². The molecular formula is C25H33N3O3. The Hall–Kier alpha value is -3.02. The number of nitrogens with one attached hydrogen (secondary N) is 1. The summed E-state index contributed by atoms with van der Waals surface area (Å²) in [6, 6.07) is 15.0. The zero-order valence-electron chi connectivity index (χ0n) is 18.6. The number of phenols is 1. The van der Waals surface area contributed by atoms with Crippen LogP contribution in [0, 0.1) is 5.92 Å². The summed E-state index contributed by atoms with van der Waals surface area (Å²) in [5, 5.41) is 12.9. The van der Waals surface area contributed by atoms with Crippen molar-refractivity contribution in [3.63, 3.8) is 0 Å².